The Kier molecular flexibility index (Phi) is 7.37. The van der Waals surface area contributed by atoms with E-state index in [1.807, 2.05) is 25.3 Å². The molecule has 0 fully saturated rings. The average Bonchev–Trinajstić information content (AvgIpc) is 3.00. The summed E-state index contributed by atoms with van der Waals surface area (Å²) in [5.74, 6) is -1.33. The van der Waals surface area contributed by atoms with Crippen molar-refractivity contribution in [2.45, 2.75) is 38.6 Å². The number of Topliss-reactive ketones (excluding diaryl/α,β-unsaturated/α-hetero) is 1. The van der Waals surface area contributed by atoms with Crippen LogP contribution in [-0.4, -0.2) is 50.8 Å². The van der Waals surface area contributed by atoms with E-state index < -0.39 is 22.4 Å². The summed E-state index contributed by atoms with van der Waals surface area (Å²) in [6.07, 6.45) is 0. The third-order valence-corrected chi connectivity index (χ3v) is 6.58. The number of methoxy groups -OCH3 is 1. The summed E-state index contributed by atoms with van der Waals surface area (Å²) in [6, 6.07) is 7.65. The highest BCUT2D eigenvalue weighted by molar-refractivity contribution is 7.91. The summed E-state index contributed by atoms with van der Waals surface area (Å²) in [7, 11) is -1.97. The zero-order valence-electron chi connectivity index (χ0n) is 17.4. The molecule has 0 aliphatic carbocycles. The Hall–Kier alpha value is -2.45. The Morgan fingerprint density at radius 1 is 1.14 bits per heavy atom. The van der Waals surface area contributed by atoms with Crippen molar-refractivity contribution in [2.75, 3.05) is 26.1 Å². The molecular formula is C21H27NO6S. The number of sulfone groups is 1. The molecule has 0 amide bonds. The molecule has 0 aliphatic heterocycles. The summed E-state index contributed by atoms with van der Waals surface area (Å²) < 4.78 is 36.7. The van der Waals surface area contributed by atoms with E-state index in [0.717, 1.165) is 11.4 Å². The largest absolute Gasteiger partial charge is 0.454 e. The van der Waals surface area contributed by atoms with Gasteiger partial charge < -0.3 is 14.0 Å². The standard InChI is InChI=1S/C21H27NO6S/c1-6-29(25,26)20-10-8-7-9-17(20)21(24)28-13-19(23)18-11-14(2)22(16(18)4)15(3)12-27-5/h7-11,15H,6,12-13H2,1-5H3/t15-/m0/s1. The van der Waals surface area contributed by atoms with Crippen molar-refractivity contribution in [1.82, 2.24) is 4.57 Å². The maximum Gasteiger partial charge on any atom is 0.339 e. The van der Waals surface area contributed by atoms with E-state index in [1.54, 1.807) is 25.3 Å². The highest BCUT2D eigenvalue weighted by Gasteiger charge is 2.24. The number of hydrogen-bond acceptors (Lipinski definition) is 6. The average molecular weight is 422 g/mol. The van der Waals surface area contributed by atoms with Gasteiger partial charge in [-0.05, 0) is 39.0 Å². The SMILES string of the molecule is CCS(=O)(=O)c1ccccc1C(=O)OCC(=O)c1cc(C)n([C@@H](C)COC)c1C. The smallest absolute Gasteiger partial charge is 0.339 e. The van der Waals surface area contributed by atoms with E-state index in [4.69, 9.17) is 9.47 Å². The number of nitrogens with zero attached hydrogens (tertiary/aromatic N) is 1. The first-order valence-electron chi connectivity index (χ1n) is 9.33. The first-order chi connectivity index (χ1) is 13.6. The van der Waals surface area contributed by atoms with E-state index in [-0.39, 0.29) is 28.0 Å². The van der Waals surface area contributed by atoms with Crippen molar-refractivity contribution in [3.63, 3.8) is 0 Å². The van der Waals surface area contributed by atoms with Crippen LogP contribution in [0, 0.1) is 13.8 Å². The minimum Gasteiger partial charge on any atom is -0.454 e. The molecule has 0 bridgehead atoms. The second-order valence-corrected chi connectivity index (χ2v) is 9.10. The van der Waals surface area contributed by atoms with Crippen LogP contribution in [0.25, 0.3) is 0 Å². The number of carbonyl (C=O) groups is 2. The number of hydrogen-bond donors (Lipinski definition) is 0. The zero-order chi connectivity index (χ0) is 21.8. The summed E-state index contributed by atoms with van der Waals surface area (Å²) in [5.41, 5.74) is 2.07. The number of rotatable bonds is 9. The number of carbonyl (C=O) groups excluding carboxylic acids is 2. The van der Waals surface area contributed by atoms with Crippen molar-refractivity contribution in [1.29, 1.82) is 0 Å². The summed E-state index contributed by atoms with van der Waals surface area (Å²) >= 11 is 0. The lowest BCUT2D eigenvalue weighted by molar-refractivity contribution is 0.0470. The van der Waals surface area contributed by atoms with E-state index in [1.165, 1.54) is 19.1 Å². The fraction of sp³-hybridized carbons (Fsp3) is 0.429. The van der Waals surface area contributed by atoms with Gasteiger partial charge in [-0.15, -0.1) is 0 Å². The number of aryl methyl sites for hydroxylation is 1. The van der Waals surface area contributed by atoms with Gasteiger partial charge in [0, 0.05) is 24.1 Å². The van der Waals surface area contributed by atoms with Gasteiger partial charge in [0.05, 0.1) is 28.9 Å². The van der Waals surface area contributed by atoms with Gasteiger partial charge in [0.2, 0.25) is 5.78 Å². The lowest BCUT2D eigenvalue weighted by Gasteiger charge is -2.17. The van der Waals surface area contributed by atoms with Gasteiger partial charge in [0.15, 0.2) is 16.4 Å². The Labute approximate surface area is 171 Å². The van der Waals surface area contributed by atoms with Crippen LogP contribution in [0.3, 0.4) is 0 Å². The van der Waals surface area contributed by atoms with Crippen molar-refractivity contribution in [3.05, 3.63) is 52.8 Å². The Morgan fingerprint density at radius 3 is 2.41 bits per heavy atom. The van der Waals surface area contributed by atoms with Gasteiger partial charge in [-0.2, -0.15) is 0 Å². The minimum absolute atomic E-state index is 0.0511. The van der Waals surface area contributed by atoms with Crippen molar-refractivity contribution >= 4 is 21.6 Å². The fourth-order valence-electron chi connectivity index (χ4n) is 3.40. The number of benzene rings is 1. The number of aromatic nitrogens is 1. The van der Waals surface area contributed by atoms with Gasteiger partial charge in [-0.1, -0.05) is 19.1 Å². The minimum atomic E-state index is -3.59. The molecule has 2 aromatic rings. The van der Waals surface area contributed by atoms with Crippen molar-refractivity contribution < 1.29 is 27.5 Å². The maximum atomic E-state index is 12.6. The molecule has 0 radical (unpaired) electrons. The lowest BCUT2D eigenvalue weighted by atomic mass is 10.1. The lowest BCUT2D eigenvalue weighted by Crippen LogP contribution is -2.18. The monoisotopic (exact) mass is 421 g/mol. The first-order valence-corrected chi connectivity index (χ1v) is 11.0. The van der Waals surface area contributed by atoms with Crippen LogP contribution in [0.15, 0.2) is 35.2 Å². The van der Waals surface area contributed by atoms with Gasteiger partial charge in [0.1, 0.15) is 0 Å². The maximum absolute atomic E-state index is 12.6. The normalized spacial score (nSPS) is 12.6. The molecule has 1 atom stereocenters. The molecule has 0 spiro atoms. The third kappa shape index (κ3) is 4.94. The van der Waals surface area contributed by atoms with E-state index in [2.05, 4.69) is 0 Å². The highest BCUT2D eigenvalue weighted by Crippen LogP contribution is 2.22. The van der Waals surface area contributed by atoms with E-state index in [9.17, 15) is 18.0 Å². The first kappa shape index (κ1) is 22.8. The molecular weight excluding hydrogens is 394 g/mol. The summed E-state index contributed by atoms with van der Waals surface area (Å²) in [4.78, 5) is 25.0. The highest BCUT2D eigenvalue weighted by atomic mass is 32.2. The van der Waals surface area contributed by atoms with Gasteiger partial charge >= 0.3 is 5.97 Å². The topological polar surface area (TPSA) is 91.7 Å². The molecule has 0 saturated heterocycles. The predicted octanol–water partition coefficient (Wildman–Crippen LogP) is 3.15. The van der Waals surface area contributed by atoms with Crippen molar-refractivity contribution in [3.8, 4) is 0 Å². The van der Waals surface area contributed by atoms with Gasteiger partial charge in [0.25, 0.3) is 0 Å². The molecule has 158 valence electrons. The fourth-order valence-corrected chi connectivity index (χ4v) is 4.49. The Bertz CT molecular complexity index is 1010. The molecule has 1 aromatic heterocycles. The molecule has 29 heavy (non-hydrogen) atoms. The number of ether oxygens (including phenoxy) is 2. The van der Waals surface area contributed by atoms with Crippen LogP contribution in [0.4, 0.5) is 0 Å². The predicted molar refractivity (Wildman–Crippen MR) is 109 cm³/mol. The molecule has 1 heterocycles. The molecule has 0 saturated carbocycles. The van der Waals surface area contributed by atoms with Crippen LogP contribution in [-0.2, 0) is 19.3 Å². The van der Waals surface area contributed by atoms with Gasteiger partial charge in [-0.3, -0.25) is 4.79 Å². The molecule has 1 aromatic carbocycles. The van der Waals surface area contributed by atoms with Crippen LogP contribution < -0.4 is 0 Å². The van der Waals surface area contributed by atoms with Crippen LogP contribution in [0.2, 0.25) is 0 Å². The molecule has 0 N–H and O–H groups in total. The van der Waals surface area contributed by atoms with E-state index in [0.29, 0.717) is 12.2 Å². The number of esters is 1. The quantitative estimate of drug-likeness (QED) is 0.456. The Balaban J connectivity index is 2.19. The zero-order valence-corrected chi connectivity index (χ0v) is 18.2. The second kappa shape index (κ2) is 9.37. The van der Waals surface area contributed by atoms with Crippen LogP contribution in [0.5, 0.6) is 0 Å². The molecule has 0 unspecified atom stereocenters. The molecule has 8 heteroatoms. The van der Waals surface area contributed by atoms with Crippen LogP contribution >= 0.6 is 0 Å². The summed E-state index contributed by atoms with van der Waals surface area (Å²) in [5, 5.41) is 0. The second-order valence-electron chi connectivity index (χ2n) is 6.86. The van der Waals surface area contributed by atoms with Crippen LogP contribution in [0.1, 0.15) is 52.0 Å². The third-order valence-electron chi connectivity index (χ3n) is 4.79. The molecule has 7 nitrogen and oxygen atoms in total. The molecule has 0 aliphatic rings. The Morgan fingerprint density at radius 2 is 1.79 bits per heavy atom. The van der Waals surface area contributed by atoms with Gasteiger partial charge in [-0.25, -0.2) is 13.2 Å². The number of ketones is 1. The summed E-state index contributed by atoms with van der Waals surface area (Å²) in [6.45, 7) is 7.25. The van der Waals surface area contributed by atoms with Crippen molar-refractivity contribution in [2.24, 2.45) is 0 Å². The van der Waals surface area contributed by atoms with E-state index >= 15 is 0 Å². The molecule has 2 rings (SSSR count).